The monoisotopic (exact) mass is 478 g/mol. The van der Waals surface area contributed by atoms with Gasteiger partial charge in [-0.15, -0.1) is 0 Å². The van der Waals surface area contributed by atoms with Gasteiger partial charge in [0.1, 0.15) is 24.4 Å². The molecule has 1 N–H and O–H groups in total. The highest BCUT2D eigenvalue weighted by molar-refractivity contribution is 5.15. The van der Waals surface area contributed by atoms with Gasteiger partial charge in [0, 0.05) is 6.61 Å². The van der Waals surface area contributed by atoms with Gasteiger partial charge in [0.25, 0.3) is 0 Å². The summed E-state index contributed by atoms with van der Waals surface area (Å²) in [5, 5.41) is 11.0. The Hall–Kier alpha value is -2.58. The predicted molar refractivity (Wildman–Crippen MR) is 132 cm³/mol. The van der Waals surface area contributed by atoms with Crippen molar-refractivity contribution in [1.29, 1.82) is 0 Å². The highest BCUT2D eigenvalue weighted by Crippen LogP contribution is 2.30. The lowest BCUT2D eigenvalue weighted by molar-refractivity contribution is -0.189. The summed E-state index contributed by atoms with van der Waals surface area (Å²) in [7, 11) is 0. The van der Waals surface area contributed by atoms with Crippen molar-refractivity contribution in [2.45, 2.75) is 57.5 Å². The second-order valence-electron chi connectivity index (χ2n) is 8.51. The molecule has 1 aliphatic heterocycles. The molecule has 186 valence electrons. The van der Waals surface area contributed by atoms with E-state index in [0.717, 1.165) is 16.7 Å². The Labute approximate surface area is 207 Å². The van der Waals surface area contributed by atoms with Gasteiger partial charge in [-0.2, -0.15) is 0 Å². The highest BCUT2D eigenvalue weighted by atomic mass is 16.7. The third-order valence-corrected chi connectivity index (χ3v) is 5.91. The van der Waals surface area contributed by atoms with Crippen LogP contribution < -0.4 is 0 Å². The molecule has 3 aromatic carbocycles. The lowest BCUT2D eigenvalue weighted by Crippen LogP contribution is -2.44. The fourth-order valence-corrected chi connectivity index (χ4v) is 4.11. The van der Waals surface area contributed by atoms with E-state index in [4.69, 9.17) is 23.7 Å². The van der Waals surface area contributed by atoms with E-state index in [1.54, 1.807) is 0 Å². The average molecular weight is 479 g/mol. The van der Waals surface area contributed by atoms with Crippen molar-refractivity contribution in [3.63, 3.8) is 0 Å². The Morgan fingerprint density at radius 1 is 0.743 bits per heavy atom. The van der Waals surface area contributed by atoms with E-state index in [1.807, 2.05) is 97.9 Å². The molecule has 1 saturated heterocycles. The van der Waals surface area contributed by atoms with Crippen molar-refractivity contribution in [2.75, 3.05) is 13.2 Å². The molecule has 35 heavy (non-hydrogen) atoms. The smallest absolute Gasteiger partial charge is 0.186 e. The third-order valence-electron chi connectivity index (χ3n) is 5.91. The number of hydrogen-bond acceptors (Lipinski definition) is 6. The Kier molecular flexibility index (Phi) is 9.84. The summed E-state index contributed by atoms with van der Waals surface area (Å²) in [5.41, 5.74) is 3.13. The van der Waals surface area contributed by atoms with Crippen LogP contribution in [0.3, 0.4) is 0 Å². The molecule has 0 saturated carbocycles. The van der Waals surface area contributed by atoms with E-state index in [0.29, 0.717) is 26.4 Å². The first-order valence-electron chi connectivity index (χ1n) is 12.1. The fraction of sp³-hybridized carbons (Fsp3) is 0.379. The fourth-order valence-electron chi connectivity index (χ4n) is 4.11. The van der Waals surface area contributed by atoms with Crippen LogP contribution in [0.5, 0.6) is 0 Å². The predicted octanol–water partition coefficient (Wildman–Crippen LogP) is 4.50. The van der Waals surface area contributed by atoms with Crippen LogP contribution in [0.1, 0.15) is 23.6 Å². The van der Waals surface area contributed by atoms with Gasteiger partial charge in [-0.3, -0.25) is 0 Å². The molecule has 0 aliphatic carbocycles. The first-order chi connectivity index (χ1) is 17.2. The maximum absolute atomic E-state index is 11.0. The van der Waals surface area contributed by atoms with Gasteiger partial charge in [-0.1, -0.05) is 91.0 Å². The molecule has 5 atom stereocenters. The van der Waals surface area contributed by atoms with E-state index in [2.05, 4.69) is 0 Å². The van der Waals surface area contributed by atoms with E-state index in [9.17, 15) is 5.11 Å². The first-order valence-corrected chi connectivity index (χ1v) is 12.1. The lowest BCUT2D eigenvalue weighted by atomic mass is 10.1. The molecule has 1 fully saturated rings. The van der Waals surface area contributed by atoms with E-state index in [-0.39, 0.29) is 6.61 Å². The third kappa shape index (κ3) is 7.45. The molecule has 1 heterocycles. The molecule has 1 aliphatic rings. The van der Waals surface area contributed by atoms with E-state index >= 15 is 0 Å². The van der Waals surface area contributed by atoms with Gasteiger partial charge in [-0.25, -0.2) is 0 Å². The number of rotatable bonds is 13. The van der Waals surface area contributed by atoms with Crippen LogP contribution in [-0.2, 0) is 43.5 Å². The summed E-state index contributed by atoms with van der Waals surface area (Å²) in [4.78, 5) is 0. The van der Waals surface area contributed by atoms with Crippen molar-refractivity contribution in [3.8, 4) is 0 Å². The molecule has 4 rings (SSSR count). The van der Waals surface area contributed by atoms with Gasteiger partial charge in [0.2, 0.25) is 0 Å². The second-order valence-corrected chi connectivity index (χ2v) is 8.51. The zero-order valence-corrected chi connectivity index (χ0v) is 20.1. The van der Waals surface area contributed by atoms with Gasteiger partial charge in [-0.05, 0) is 23.6 Å². The molecule has 6 heteroatoms. The topological polar surface area (TPSA) is 66.4 Å². The summed E-state index contributed by atoms with van der Waals surface area (Å²) in [6.07, 6.45) is -3.40. The zero-order valence-electron chi connectivity index (χ0n) is 20.1. The van der Waals surface area contributed by atoms with Crippen molar-refractivity contribution in [1.82, 2.24) is 0 Å². The minimum absolute atomic E-state index is 0.281. The van der Waals surface area contributed by atoms with Gasteiger partial charge >= 0.3 is 0 Å². The van der Waals surface area contributed by atoms with Crippen molar-refractivity contribution in [3.05, 3.63) is 108 Å². The van der Waals surface area contributed by atoms with Gasteiger partial charge in [0.05, 0.1) is 26.4 Å². The van der Waals surface area contributed by atoms with Crippen LogP contribution in [0.2, 0.25) is 0 Å². The number of ether oxygens (including phenoxy) is 5. The Morgan fingerprint density at radius 2 is 1.29 bits per heavy atom. The molecule has 0 radical (unpaired) electrons. The molecule has 0 spiro atoms. The van der Waals surface area contributed by atoms with Crippen LogP contribution in [0.25, 0.3) is 0 Å². The van der Waals surface area contributed by atoms with Gasteiger partial charge in [0.15, 0.2) is 6.29 Å². The lowest BCUT2D eigenvalue weighted by Gasteiger charge is -2.28. The Morgan fingerprint density at radius 3 is 1.86 bits per heavy atom. The van der Waals surface area contributed by atoms with Crippen molar-refractivity contribution >= 4 is 0 Å². The van der Waals surface area contributed by atoms with Crippen LogP contribution >= 0.6 is 0 Å². The number of aliphatic hydroxyl groups excluding tert-OH is 1. The summed E-state index contributed by atoms with van der Waals surface area (Å²) in [5.74, 6) is 0. The molecule has 3 aromatic rings. The molecule has 0 aromatic heterocycles. The molecular formula is C29H34O6. The molecule has 0 bridgehead atoms. The summed E-state index contributed by atoms with van der Waals surface area (Å²) in [6, 6.07) is 29.8. The van der Waals surface area contributed by atoms with Gasteiger partial charge < -0.3 is 28.8 Å². The number of aliphatic hydroxyl groups is 1. The number of benzene rings is 3. The SMILES string of the molecule is CCOC1O[C@H]([C@H](COCc2ccccc2)OCc2ccccc2)[C@H](OCc2ccccc2)[C@H]1O. The number of hydrogen-bond donors (Lipinski definition) is 1. The van der Waals surface area contributed by atoms with Crippen LogP contribution in [0.15, 0.2) is 91.0 Å². The normalized spacial score (nSPS) is 22.8. The summed E-state index contributed by atoms with van der Waals surface area (Å²) >= 11 is 0. The Balaban J connectivity index is 1.48. The molecule has 1 unspecified atom stereocenters. The second kappa shape index (κ2) is 13.5. The van der Waals surface area contributed by atoms with Crippen LogP contribution in [0, 0.1) is 0 Å². The maximum Gasteiger partial charge on any atom is 0.186 e. The molecule has 0 amide bonds. The Bertz CT molecular complexity index is 968. The molecular weight excluding hydrogens is 444 g/mol. The van der Waals surface area contributed by atoms with Crippen molar-refractivity contribution in [2.24, 2.45) is 0 Å². The largest absolute Gasteiger partial charge is 0.385 e. The quantitative estimate of drug-likeness (QED) is 0.390. The summed E-state index contributed by atoms with van der Waals surface area (Å²) < 4.78 is 30.4. The minimum Gasteiger partial charge on any atom is -0.385 e. The maximum atomic E-state index is 11.0. The van der Waals surface area contributed by atoms with E-state index in [1.165, 1.54) is 0 Å². The zero-order chi connectivity index (χ0) is 24.3. The van der Waals surface area contributed by atoms with E-state index < -0.39 is 30.7 Å². The minimum atomic E-state index is -0.944. The average Bonchev–Trinajstić information content (AvgIpc) is 3.21. The standard InChI is InChI=1S/C29H34O6/c1-2-32-29-26(30)28(34-20-24-16-10-5-11-17-24)27(35-29)25(33-19-23-14-8-4-9-15-23)21-31-18-22-12-6-3-7-13-22/h3-17,25-30H,2,18-21H2,1H3/t25-,26+,27+,28+,29?/m0/s1. The summed E-state index contributed by atoms with van der Waals surface area (Å²) in [6.45, 7) is 3.75. The molecule has 6 nitrogen and oxygen atoms in total. The van der Waals surface area contributed by atoms with Crippen molar-refractivity contribution < 1.29 is 28.8 Å². The van der Waals surface area contributed by atoms with Crippen LogP contribution in [-0.4, -0.2) is 49.0 Å². The highest BCUT2D eigenvalue weighted by Gasteiger charge is 2.49. The first kappa shape index (κ1) is 25.5. The van der Waals surface area contributed by atoms with Crippen LogP contribution in [0.4, 0.5) is 0 Å².